The first-order chi connectivity index (χ1) is 13.3. The van der Waals surface area contributed by atoms with Crippen molar-refractivity contribution in [2.45, 2.75) is 13.0 Å². The molecular formula is C20H24N6O. The maximum Gasteiger partial charge on any atom is 0.317 e. The lowest BCUT2D eigenvalue weighted by Gasteiger charge is -2.34. The van der Waals surface area contributed by atoms with Gasteiger partial charge in [0.1, 0.15) is 0 Å². The topological polar surface area (TPSA) is 66.3 Å². The SMILES string of the molecule is O=C(NCCCn1ccc2ccccc21)N1CCN(c2ncccn2)CC1. The molecule has 3 aromatic rings. The predicted molar refractivity (Wildman–Crippen MR) is 106 cm³/mol. The van der Waals surface area contributed by atoms with Crippen molar-refractivity contribution in [2.75, 3.05) is 37.6 Å². The molecule has 140 valence electrons. The van der Waals surface area contributed by atoms with Crippen LogP contribution in [-0.2, 0) is 6.54 Å². The van der Waals surface area contributed by atoms with Gasteiger partial charge in [0.2, 0.25) is 5.95 Å². The number of para-hydroxylation sites is 1. The van der Waals surface area contributed by atoms with Crippen molar-refractivity contribution in [3.63, 3.8) is 0 Å². The van der Waals surface area contributed by atoms with Gasteiger partial charge in [-0.1, -0.05) is 18.2 Å². The third-order valence-electron chi connectivity index (χ3n) is 4.93. The maximum atomic E-state index is 12.4. The summed E-state index contributed by atoms with van der Waals surface area (Å²) in [5.74, 6) is 0.733. The van der Waals surface area contributed by atoms with E-state index in [9.17, 15) is 4.79 Å². The molecule has 0 aliphatic carbocycles. The van der Waals surface area contributed by atoms with Crippen LogP contribution < -0.4 is 10.2 Å². The van der Waals surface area contributed by atoms with E-state index in [1.807, 2.05) is 11.0 Å². The Balaban J connectivity index is 1.20. The molecule has 1 fully saturated rings. The Labute approximate surface area is 158 Å². The van der Waals surface area contributed by atoms with Gasteiger partial charge in [-0.3, -0.25) is 0 Å². The van der Waals surface area contributed by atoms with Crippen LogP contribution in [0.25, 0.3) is 10.9 Å². The van der Waals surface area contributed by atoms with Crippen LogP contribution >= 0.6 is 0 Å². The lowest BCUT2D eigenvalue weighted by atomic mass is 10.2. The van der Waals surface area contributed by atoms with E-state index in [1.165, 1.54) is 10.9 Å². The first-order valence-corrected chi connectivity index (χ1v) is 9.40. The molecule has 27 heavy (non-hydrogen) atoms. The second-order valence-corrected chi connectivity index (χ2v) is 6.68. The lowest BCUT2D eigenvalue weighted by molar-refractivity contribution is 0.194. The van der Waals surface area contributed by atoms with Crippen molar-refractivity contribution >= 4 is 22.9 Å². The van der Waals surface area contributed by atoms with Gasteiger partial charge >= 0.3 is 6.03 Å². The van der Waals surface area contributed by atoms with E-state index in [0.717, 1.165) is 32.0 Å². The van der Waals surface area contributed by atoms with Crippen LogP contribution in [0.2, 0.25) is 0 Å². The van der Waals surface area contributed by atoms with Gasteiger partial charge in [-0.2, -0.15) is 0 Å². The number of aryl methyl sites for hydroxylation is 1. The number of anilines is 1. The molecule has 3 heterocycles. The predicted octanol–water partition coefficient (Wildman–Crippen LogP) is 2.35. The molecule has 1 aromatic carbocycles. The molecule has 1 saturated heterocycles. The zero-order valence-corrected chi connectivity index (χ0v) is 15.3. The van der Waals surface area contributed by atoms with Crippen LogP contribution in [0.4, 0.5) is 10.7 Å². The number of amides is 2. The van der Waals surface area contributed by atoms with E-state index >= 15 is 0 Å². The highest BCUT2D eigenvalue weighted by molar-refractivity contribution is 5.79. The molecular weight excluding hydrogens is 340 g/mol. The van der Waals surface area contributed by atoms with Crippen LogP contribution in [-0.4, -0.2) is 58.2 Å². The van der Waals surface area contributed by atoms with Crippen LogP contribution in [0.5, 0.6) is 0 Å². The zero-order chi connectivity index (χ0) is 18.5. The Morgan fingerprint density at radius 1 is 1.00 bits per heavy atom. The van der Waals surface area contributed by atoms with E-state index in [1.54, 1.807) is 12.4 Å². The molecule has 4 rings (SSSR count). The number of carbonyl (C=O) groups excluding carboxylic acids is 1. The summed E-state index contributed by atoms with van der Waals surface area (Å²) in [6, 6.07) is 12.3. The minimum Gasteiger partial charge on any atom is -0.347 e. The Morgan fingerprint density at radius 3 is 2.59 bits per heavy atom. The molecule has 7 nitrogen and oxygen atoms in total. The number of aromatic nitrogens is 3. The fourth-order valence-corrected chi connectivity index (χ4v) is 3.46. The van der Waals surface area contributed by atoms with Gasteiger partial charge < -0.3 is 19.7 Å². The molecule has 0 radical (unpaired) electrons. The zero-order valence-electron chi connectivity index (χ0n) is 15.3. The summed E-state index contributed by atoms with van der Waals surface area (Å²) in [6.07, 6.45) is 6.50. The second-order valence-electron chi connectivity index (χ2n) is 6.68. The highest BCUT2D eigenvalue weighted by Gasteiger charge is 2.21. The number of nitrogens with one attached hydrogen (secondary N) is 1. The van der Waals surface area contributed by atoms with E-state index in [0.29, 0.717) is 19.6 Å². The van der Waals surface area contributed by atoms with Gasteiger partial charge in [0.05, 0.1) is 0 Å². The molecule has 0 atom stereocenters. The van der Waals surface area contributed by atoms with Gasteiger partial charge in [0.15, 0.2) is 0 Å². The van der Waals surface area contributed by atoms with Gasteiger partial charge in [-0.05, 0) is 30.0 Å². The van der Waals surface area contributed by atoms with Gasteiger partial charge in [0.25, 0.3) is 0 Å². The van der Waals surface area contributed by atoms with Crippen molar-refractivity contribution in [3.05, 3.63) is 55.0 Å². The standard InChI is InChI=1S/C20H24N6O/c27-20(26-15-13-25(14-16-26)19-21-8-3-9-22-19)23-10-4-11-24-12-7-17-5-1-2-6-18(17)24/h1-3,5-9,12H,4,10-11,13-16H2,(H,23,27). The highest BCUT2D eigenvalue weighted by atomic mass is 16.2. The number of fused-ring (bicyclic) bond motifs is 1. The molecule has 1 aliphatic rings. The molecule has 7 heteroatoms. The van der Waals surface area contributed by atoms with Gasteiger partial charge in [-0.25, -0.2) is 14.8 Å². The molecule has 0 saturated carbocycles. The molecule has 1 aliphatic heterocycles. The quantitative estimate of drug-likeness (QED) is 0.706. The average molecular weight is 364 g/mol. The Morgan fingerprint density at radius 2 is 1.78 bits per heavy atom. The van der Waals surface area contributed by atoms with Crippen molar-refractivity contribution in [1.29, 1.82) is 0 Å². The number of rotatable bonds is 5. The number of benzene rings is 1. The number of piperazine rings is 1. The average Bonchev–Trinajstić information content (AvgIpc) is 3.15. The summed E-state index contributed by atoms with van der Waals surface area (Å²) in [4.78, 5) is 24.9. The normalized spacial score (nSPS) is 14.5. The summed E-state index contributed by atoms with van der Waals surface area (Å²) in [5, 5.41) is 4.29. The number of hydrogen-bond donors (Lipinski definition) is 1. The fourth-order valence-electron chi connectivity index (χ4n) is 3.46. The molecule has 2 amide bonds. The minimum absolute atomic E-state index is 0.0148. The van der Waals surface area contributed by atoms with Crippen molar-refractivity contribution in [2.24, 2.45) is 0 Å². The number of carbonyl (C=O) groups is 1. The van der Waals surface area contributed by atoms with Crippen LogP contribution in [0.15, 0.2) is 55.0 Å². The summed E-state index contributed by atoms with van der Waals surface area (Å²) < 4.78 is 2.24. The van der Waals surface area contributed by atoms with Crippen LogP contribution in [0, 0.1) is 0 Å². The number of nitrogens with zero attached hydrogens (tertiary/aromatic N) is 5. The van der Waals surface area contributed by atoms with E-state index in [4.69, 9.17) is 0 Å². The molecule has 0 bridgehead atoms. The van der Waals surface area contributed by atoms with Crippen molar-refractivity contribution < 1.29 is 4.79 Å². The van der Waals surface area contributed by atoms with Gasteiger partial charge in [0, 0.05) is 63.4 Å². The monoisotopic (exact) mass is 364 g/mol. The third-order valence-corrected chi connectivity index (χ3v) is 4.93. The largest absolute Gasteiger partial charge is 0.347 e. The lowest BCUT2D eigenvalue weighted by Crippen LogP contribution is -2.52. The highest BCUT2D eigenvalue weighted by Crippen LogP contribution is 2.15. The van der Waals surface area contributed by atoms with Crippen molar-refractivity contribution in [3.8, 4) is 0 Å². The van der Waals surface area contributed by atoms with E-state index in [-0.39, 0.29) is 6.03 Å². The molecule has 0 unspecified atom stereocenters. The Bertz CT molecular complexity index is 886. The minimum atomic E-state index is 0.0148. The first-order valence-electron chi connectivity index (χ1n) is 9.40. The van der Waals surface area contributed by atoms with E-state index < -0.39 is 0 Å². The summed E-state index contributed by atoms with van der Waals surface area (Å²) in [6.45, 7) is 4.46. The molecule has 1 N–H and O–H groups in total. The number of urea groups is 1. The first kappa shape index (κ1) is 17.3. The maximum absolute atomic E-state index is 12.4. The smallest absolute Gasteiger partial charge is 0.317 e. The number of hydrogen-bond acceptors (Lipinski definition) is 4. The molecule has 0 spiro atoms. The van der Waals surface area contributed by atoms with Crippen molar-refractivity contribution in [1.82, 2.24) is 24.8 Å². The second kappa shape index (κ2) is 8.07. The fraction of sp³-hybridized carbons (Fsp3) is 0.350. The van der Waals surface area contributed by atoms with Crippen LogP contribution in [0.3, 0.4) is 0 Å². The third kappa shape index (κ3) is 4.02. The molecule has 2 aromatic heterocycles. The summed E-state index contributed by atoms with van der Waals surface area (Å²) >= 11 is 0. The Kier molecular flexibility index (Phi) is 5.18. The van der Waals surface area contributed by atoms with E-state index in [2.05, 4.69) is 61.3 Å². The summed E-state index contributed by atoms with van der Waals surface area (Å²) in [7, 11) is 0. The Hall–Kier alpha value is -3.09. The van der Waals surface area contributed by atoms with Crippen LogP contribution in [0.1, 0.15) is 6.42 Å². The summed E-state index contributed by atoms with van der Waals surface area (Å²) in [5.41, 5.74) is 1.24. The van der Waals surface area contributed by atoms with Gasteiger partial charge in [-0.15, -0.1) is 0 Å².